The molecule has 0 spiro atoms. The van der Waals surface area contributed by atoms with Crippen molar-refractivity contribution >= 4 is 17.4 Å². The topological polar surface area (TPSA) is 74.2 Å². The molecule has 3 aromatic rings. The summed E-state index contributed by atoms with van der Waals surface area (Å²) in [5, 5.41) is 2.77. The number of hydrogen-bond donors (Lipinski definition) is 1. The van der Waals surface area contributed by atoms with Crippen LogP contribution in [0.15, 0.2) is 48.8 Å². The van der Waals surface area contributed by atoms with Crippen LogP contribution in [-0.2, 0) is 6.54 Å². The highest BCUT2D eigenvalue weighted by Crippen LogP contribution is 2.28. The summed E-state index contributed by atoms with van der Waals surface area (Å²) < 4.78 is 13.1. The third-order valence-electron chi connectivity index (χ3n) is 5.98. The zero-order chi connectivity index (χ0) is 23.4. The minimum absolute atomic E-state index is 0.274. The van der Waals surface area contributed by atoms with Crippen LogP contribution >= 0.6 is 0 Å². The van der Waals surface area contributed by atoms with Crippen molar-refractivity contribution in [2.75, 3.05) is 37.4 Å². The van der Waals surface area contributed by atoms with Crippen molar-refractivity contribution in [3.05, 3.63) is 77.3 Å². The van der Waals surface area contributed by atoms with E-state index in [1.165, 1.54) is 29.8 Å². The van der Waals surface area contributed by atoms with Gasteiger partial charge in [-0.15, -0.1) is 0 Å². The third kappa shape index (κ3) is 5.51. The van der Waals surface area contributed by atoms with Crippen molar-refractivity contribution in [3.8, 4) is 0 Å². The van der Waals surface area contributed by atoms with Crippen LogP contribution in [0.4, 0.5) is 15.9 Å². The maximum Gasteiger partial charge on any atom is 0.259 e. The zero-order valence-corrected chi connectivity index (χ0v) is 19.3. The summed E-state index contributed by atoms with van der Waals surface area (Å²) in [5.41, 5.74) is 2.83. The number of aromatic nitrogens is 3. The molecule has 0 saturated carbocycles. The number of carbonyl (C=O) groups is 1. The van der Waals surface area contributed by atoms with Crippen molar-refractivity contribution in [2.45, 2.75) is 32.2 Å². The molecule has 7 nitrogen and oxygen atoms in total. The maximum atomic E-state index is 13.1. The summed E-state index contributed by atoms with van der Waals surface area (Å²) in [7, 11) is 4.03. The van der Waals surface area contributed by atoms with Gasteiger partial charge in [-0.25, -0.2) is 19.3 Å². The van der Waals surface area contributed by atoms with E-state index in [4.69, 9.17) is 0 Å². The van der Waals surface area contributed by atoms with E-state index in [0.717, 1.165) is 44.1 Å². The average molecular weight is 449 g/mol. The van der Waals surface area contributed by atoms with Crippen molar-refractivity contribution < 1.29 is 9.18 Å². The van der Waals surface area contributed by atoms with Crippen molar-refractivity contribution in [1.29, 1.82) is 0 Å². The molecular formula is C25H29FN6O. The van der Waals surface area contributed by atoms with Crippen LogP contribution in [0.2, 0.25) is 0 Å². The van der Waals surface area contributed by atoms with Gasteiger partial charge in [-0.3, -0.25) is 9.69 Å². The van der Waals surface area contributed by atoms with Gasteiger partial charge in [0, 0.05) is 50.2 Å². The molecule has 1 fully saturated rings. The number of aryl methyl sites for hydroxylation is 1. The van der Waals surface area contributed by atoms with Crippen LogP contribution in [0.5, 0.6) is 0 Å². The first kappa shape index (κ1) is 22.8. The molecule has 0 bridgehead atoms. The van der Waals surface area contributed by atoms with Crippen LogP contribution in [0.25, 0.3) is 0 Å². The van der Waals surface area contributed by atoms with Gasteiger partial charge in [0.25, 0.3) is 5.91 Å². The second kappa shape index (κ2) is 10.0. The lowest BCUT2D eigenvalue weighted by atomic mass is 9.95. The maximum absolute atomic E-state index is 13.1. The Labute approximate surface area is 193 Å². The second-order valence-electron chi connectivity index (χ2n) is 8.62. The normalized spacial score (nSPS) is 14.8. The van der Waals surface area contributed by atoms with Crippen molar-refractivity contribution in [3.63, 3.8) is 0 Å². The van der Waals surface area contributed by atoms with Crippen molar-refractivity contribution in [1.82, 2.24) is 19.9 Å². The number of piperidine rings is 1. The van der Waals surface area contributed by atoms with E-state index in [2.05, 4.69) is 31.2 Å². The lowest BCUT2D eigenvalue weighted by Gasteiger charge is -2.32. The Morgan fingerprint density at radius 3 is 2.55 bits per heavy atom. The van der Waals surface area contributed by atoms with Gasteiger partial charge < -0.3 is 10.2 Å². The van der Waals surface area contributed by atoms with E-state index in [-0.39, 0.29) is 17.6 Å². The molecule has 0 radical (unpaired) electrons. The largest absolute Gasteiger partial charge is 0.362 e. The fraction of sp³-hybridized carbons (Fsp3) is 0.360. The molecule has 1 aromatic carbocycles. The van der Waals surface area contributed by atoms with E-state index in [0.29, 0.717) is 16.9 Å². The molecule has 1 aliphatic rings. The van der Waals surface area contributed by atoms with Gasteiger partial charge in [-0.05, 0) is 63.2 Å². The minimum Gasteiger partial charge on any atom is -0.362 e. The first-order valence-corrected chi connectivity index (χ1v) is 11.1. The molecule has 3 heterocycles. The summed E-state index contributed by atoms with van der Waals surface area (Å²) in [5.74, 6) is 1.43. The van der Waals surface area contributed by atoms with Gasteiger partial charge in [0.1, 0.15) is 17.5 Å². The van der Waals surface area contributed by atoms with Crippen LogP contribution in [0.1, 0.15) is 46.2 Å². The molecule has 2 aromatic heterocycles. The summed E-state index contributed by atoms with van der Waals surface area (Å²) in [6.07, 6.45) is 5.37. The Bertz CT molecular complexity index is 1110. The van der Waals surface area contributed by atoms with Crippen LogP contribution < -0.4 is 10.2 Å². The summed E-state index contributed by atoms with van der Waals surface area (Å²) in [4.78, 5) is 30.8. The van der Waals surface area contributed by atoms with E-state index in [1.54, 1.807) is 6.20 Å². The number of amides is 1. The molecule has 0 aliphatic carbocycles. The fourth-order valence-electron chi connectivity index (χ4n) is 4.18. The van der Waals surface area contributed by atoms with Gasteiger partial charge >= 0.3 is 0 Å². The molecule has 1 N–H and O–H groups in total. The van der Waals surface area contributed by atoms with E-state index in [1.807, 2.05) is 38.2 Å². The SMILES string of the molecule is Cc1nc(C2CCN(Cc3cccnc3N(C)C)CC2)ncc1C(=O)Nc1ccc(F)cc1. The quantitative estimate of drug-likeness (QED) is 0.614. The Kier molecular flexibility index (Phi) is 6.93. The number of pyridine rings is 1. The molecule has 172 valence electrons. The number of carbonyl (C=O) groups excluding carboxylic acids is 1. The van der Waals surface area contributed by atoms with E-state index < -0.39 is 0 Å². The van der Waals surface area contributed by atoms with Gasteiger partial charge in [0.15, 0.2) is 0 Å². The van der Waals surface area contributed by atoms with Gasteiger partial charge in [0.05, 0.1) is 11.3 Å². The minimum atomic E-state index is -0.346. The number of likely N-dealkylation sites (tertiary alicyclic amines) is 1. The van der Waals surface area contributed by atoms with Gasteiger partial charge in [-0.1, -0.05) is 6.07 Å². The first-order valence-electron chi connectivity index (χ1n) is 11.1. The zero-order valence-electron chi connectivity index (χ0n) is 19.3. The smallest absolute Gasteiger partial charge is 0.259 e. The molecule has 4 rings (SSSR count). The third-order valence-corrected chi connectivity index (χ3v) is 5.98. The molecule has 33 heavy (non-hydrogen) atoms. The average Bonchev–Trinajstić information content (AvgIpc) is 2.81. The highest BCUT2D eigenvalue weighted by molar-refractivity contribution is 6.04. The lowest BCUT2D eigenvalue weighted by Crippen LogP contribution is -2.33. The number of benzene rings is 1. The predicted molar refractivity (Wildman–Crippen MR) is 127 cm³/mol. The summed E-state index contributed by atoms with van der Waals surface area (Å²) in [6, 6.07) is 9.79. The Balaban J connectivity index is 1.36. The number of rotatable bonds is 6. The Morgan fingerprint density at radius 1 is 1.15 bits per heavy atom. The molecule has 1 aliphatic heterocycles. The van der Waals surface area contributed by atoms with Gasteiger partial charge in [0.2, 0.25) is 0 Å². The number of anilines is 2. The van der Waals surface area contributed by atoms with Crippen molar-refractivity contribution in [2.24, 2.45) is 0 Å². The molecule has 1 saturated heterocycles. The van der Waals surface area contributed by atoms with Crippen LogP contribution in [0.3, 0.4) is 0 Å². The fourth-order valence-corrected chi connectivity index (χ4v) is 4.18. The number of halogens is 1. The standard InChI is InChI=1S/C25H29FN6O/c1-17-22(25(33)30-21-8-6-20(26)7-9-21)15-28-23(29-17)18-10-13-32(14-11-18)16-19-5-4-12-27-24(19)31(2)3/h4-9,12,15,18H,10-11,13-14,16H2,1-3H3,(H,30,33). The molecular weight excluding hydrogens is 419 g/mol. The second-order valence-corrected chi connectivity index (χ2v) is 8.62. The van der Waals surface area contributed by atoms with E-state index >= 15 is 0 Å². The monoisotopic (exact) mass is 448 g/mol. The summed E-state index contributed by atoms with van der Waals surface area (Å²) in [6.45, 7) is 4.62. The number of hydrogen-bond acceptors (Lipinski definition) is 6. The number of nitrogens with zero attached hydrogens (tertiary/aromatic N) is 5. The Hall–Kier alpha value is -3.39. The molecule has 8 heteroatoms. The van der Waals surface area contributed by atoms with Crippen LogP contribution in [0, 0.1) is 12.7 Å². The van der Waals surface area contributed by atoms with Crippen LogP contribution in [-0.4, -0.2) is 52.9 Å². The van der Waals surface area contributed by atoms with E-state index in [9.17, 15) is 9.18 Å². The molecule has 0 atom stereocenters. The van der Waals surface area contributed by atoms with Gasteiger partial charge in [-0.2, -0.15) is 0 Å². The highest BCUT2D eigenvalue weighted by atomic mass is 19.1. The first-order chi connectivity index (χ1) is 15.9. The molecule has 1 amide bonds. The number of nitrogens with one attached hydrogen (secondary N) is 1. The Morgan fingerprint density at radius 2 is 1.88 bits per heavy atom. The predicted octanol–water partition coefficient (Wildman–Crippen LogP) is 4.02. The highest BCUT2D eigenvalue weighted by Gasteiger charge is 2.24. The molecule has 0 unspecified atom stereocenters. The summed E-state index contributed by atoms with van der Waals surface area (Å²) >= 11 is 0. The lowest BCUT2D eigenvalue weighted by molar-refractivity contribution is 0.102.